The molecule has 0 spiro atoms. The van der Waals surface area contributed by atoms with Crippen molar-refractivity contribution in [3.8, 4) is 0 Å². The number of thiazole rings is 1. The predicted molar refractivity (Wildman–Crippen MR) is 62.8 cm³/mol. The summed E-state index contributed by atoms with van der Waals surface area (Å²) < 4.78 is 0. The van der Waals surface area contributed by atoms with Gasteiger partial charge >= 0.3 is 0 Å². The van der Waals surface area contributed by atoms with E-state index in [1.165, 1.54) is 11.3 Å². The topological polar surface area (TPSA) is 103 Å². The second-order valence-corrected chi connectivity index (χ2v) is 4.69. The molecule has 0 saturated carbocycles. The van der Waals surface area contributed by atoms with Crippen LogP contribution in [0.3, 0.4) is 0 Å². The minimum absolute atomic E-state index is 0.0421. The number of aromatic nitrogens is 1. The van der Waals surface area contributed by atoms with Crippen molar-refractivity contribution in [2.45, 2.75) is 5.75 Å². The highest BCUT2D eigenvalue weighted by Crippen LogP contribution is 2.24. The second kappa shape index (κ2) is 5.84. The summed E-state index contributed by atoms with van der Waals surface area (Å²) in [5, 5.41) is 0.605. The molecule has 7 heteroatoms. The maximum atomic E-state index is 5.38. The van der Waals surface area contributed by atoms with Crippen molar-refractivity contribution in [1.82, 2.24) is 4.98 Å². The van der Waals surface area contributed by atoms with Crippen LogP contribution in [-0.2, 0) is 5.75 Å². The van der Waals surface area contributed by atoms with E-state index >= 15 is 0 Å². The number of guanidine groups is 1. The van der Waals surface area contributed by atoms with Gasteiger partial charge in [0.1, 0.15) is 0 Å². The quantitative estimate of drug-likeness (QED) is 0.382. The van der Waals surface area contributed by atoms with Gasteiger partial charge in [0.25, 0.3) is 0 Å². The molecule has 0 radical (unpaired) electrons. The van der Waals surface area contributed by atoms with Gasteiger partial charge in [0, 0.05) is 29.1 Å². The van der Waals surface area contributed by atoms with E-state index in [2.05, 4.69) is 9.98 Å². The van der Waals surface area contributed by atoms with E-state index in [1.54, 1.807) is 18.0 Å². The molecule has 0 aliphatic heterocycles. The lowest BCUT2D eigenvalue weighted by atomic mass is 10.6. The van der Waals surface area contributed by atoms with Crippen molar-refractivity contribution in [3.05, 3.63) is 11.1 Å². The first kappa shape index (κ1) is 11.3. The average molecular weight is 231 g/mol. The lowest BCUT2D eigenvalue weighted by molar-refractivity contribution is 1.15. The van der Waals surface area contributed by atoms with Gasteiger partial charge in [-0.25, -0.2) is 4.98 Å². The zero-order chi connectivity index (χ0) is 10.4. The number of hydrogen-bond donors (Lipinski definition) is 3. The molecule has 0 fully saturated rings. The lowest BCUT2D eigenvalue weighted by Crippen LogP contribution is -2.21. The van der Waals surface area contributed by atoms with Crippen LogP contribution in [0.1, 0.15) is 4.88 Å². The molecular formula is C7H13N5S2. The van der Waals surface area contributed by atoms with E-state index < -0.39 is 0 Å². The number of thioether (sulfide) groups is 1. The molecule has 1 aromatic rings. The van der Waals surface area contributed by atoms with Crippen LogP contribution in [0.2, 0.25) is 0 Å². The van der Waals surface area contributed by atoms with Crippen LogP contribution < -0.4 is 17.2 Å². The molecule has 0 aromatic carbocycles. The molecule has 1 heterocycles. The number of rotatable bonds is 5. The molecule has 0 aliphatic carbocycles. The molecule has 14 heavy (non-hydrogen) atoms. The third kappa shape index (κ3) is 3.95. The summed E-state index contributed by atoms with van der Waals surface area (Å²) in [5.74, 6) is 1.91. The Morgan fingerprint density at radius 3 is 3.00 bits per heavy atom. The van der Waals surface area contributed by atoms with Crippen molar-refractivity contribution in [2.75, 3.05) is 12.3 Å². The summed E-state index contributed by atoms with van der Waals surface area (Å²) in [5.41, 5.74) is 15.8. The van der Waals surface area contributed by atoms with Crippen LogP contribution in [-0.4, -0.2) is 23.2 Å². The van der Waals surface area contributed by atoms with Crippen LogP contribution >= 0.6 is 23.1 Å². The number of aliphatic imine (C=N–C) groups is 1. The van der Waals surface area contributed by atoms with E-state index in [0.29, 0.717) is 11.7 Å². The zero-order valence-electron chi connectivity index (χ0n) is 7.64. The van der Waals surface area contributed by atoms with Crippen molar-refractivity contribution in [3.63, 3.8) is 0 Å². The van der Waals surface area contributed by atoms with E-state index in [4.69, 9.17) is 17.2 Å². The summed E-state index contributed by atoms with van der Waals surface area (Å²) in [6.45, 7) is 0.699. The average Bonchev–Trinajstić information content (AvgIpc) is 2.52. The monoisotopic (exact) mass is 231 g/mol. The van der Waals surface area contributed by atoms with Gasteiger partial charge in [0.15, 0.2) is 5.96 Å². The summed E-state index contributed by atoms with van der Waals surface area (Å²) >= 11 is 3.26. The number of nitrogens with zero attached hydrogens (tertiary/aromatic N) is 2. The van der Waals surface area contributed by atoms with Gasteiger partial charge in [-0.05, 0) is 0 Å². The molecule has 0 amide bonds. The first-order chi connectivity index (χ1) is 6.72. The number of nitrogens with two attached hydrogens (primary N) is 3. The zero-order valence-corrected chi connectivity index (χ0v) is 9.27. The maximum absolute atomic E-state index is 5.38. The second-order valence-electron chi connectivity index (χ2n) is 2.49. The van der Waals surface area contributed by atoms with Crippen LogP contribution in [0.5, 0.6) is 0 Å². The SMILES string of the molecule is NCCSCc1cnc(N=C(N)N)s1. The van der Waals surface area contributed by atoms with Gasteiger partial charge in [-0.1, -0.05) is 11.3 Å². The molecule has 0 bridgehead atoms. The van der Waals surface area contributed by atoms with Gasteiger partial charge in [-0.3, -0.25) is 0 Å². The third-order valence-corrected chi connectivity index (χ3v) is 3.39. The molecule has 0 unspecified atom stereocenters. The molecule has 0 saturated heterocycles. The Morgan fingerprint density at radius 1 is 1.57 bits per heavy atom. The van der Waals surface area contributed by atoms with Crippen molar-refractivity contribution < 1.29 is 0 Å². The smallest absolute Gasteiger partial charge is 0.212 e. The lowest BCUT2D eigenvalue weighted by Gasteiger charge is -1.93. The van der Waals surface area contributed by atoms with Crippen molar-refractivity contribution in [1.29, 1.82) is 0 Å². The van der Waals surface area contributed by atoms with Gasteiger partial charge in [-0.2, -0.15) is 16.8 Å². The van der Waals surface area contributed by atoms with Crippen LogP contribution in [0.4, 0.5) is 5.13 Å². The highest BCUT2D eigenvalue weighted by molar-refractivity contribution is 7.98. The first-order valence-corrected chi connectivity index (χ1v) is 6.01. The first-order valence-electron chi connectivity index (χ1n) is 4.04. The standard InChI is InChI=1S/C7H13N5S2/c8-1-2-13-4-5-3-11-7(14-5)12-6(9)10/h3H,1-2,4,8H2,(H4,9,10,11,12). The third-order valence-electron chi connectivity index (χ3n) is 1.27. The van der Waals surface area contributed by atoms with E-state index in [-0.39, 0.29) is 5.96 Å². The highest BCUT2D eigenvalue weighted by atomic mass is 32.2. The van der Waals surface area contributed by atoms with Crippen molar-refractivity contribution >= 4 is 34.2 Å². The largest absolute Gasteiger partial charge is 0.370 e. The fourth-order valence-electron chi connectivity index (χ4n) is 0.782. The fourth-order valence-corrected chi connectivity index (χ4v) is 2.45. The summed E-state index contributed by atoms with van der Waals surface area (Å²) in [7, 11) is 0. The minimum Gasteiger partial charge on any atom is -0.370 e. The van der Waals surface area contributed by atoms with Gasteiger partial charge in [0.05, 0.1) is 0 Å². The number of hydrogen-bond acceptors (Lipinski definition) is 5. The molecular weight excluding hydrogens is 218 g/mol. The van der Waals surface area contributed by atoms with Crippen LogP contribution in [0, 0.1) is 0 Å². The normalized spacial score (nSPS) is 10.1. The Hall–Kier alpha value is -0.790. The Kier molecular flexibility index (Phi) is 4.71. The highest BCUT2D eigenvalue weighted by Gasteiger charge is 2.00. The van der Waals surface area contributed by atoms with Crippen LogP contribution in [0.25, 0.3) is 0 Å². The molecule has 0 aliphatic rings. The minimum atomic E-state index is 0.0421. The van der Waals surface area contributed by atoms with Gasteiger partial charge < -0.3 is 17.2 Å². The van der Waals surface area contributed by atoms with Crippen molar-refractivity contribution in [2.24, 2.45) is 22.2 Å². The predicted octanol–water partition coefficient (Wildman–Crippen LogP) is 0.240. The van der Waals surface area contributed by atoms with Crippen LogP contribution in [0.15, 0.2) is 11.2 Å². The Morgan fingerprint density at radius 2 is 2.36 bits per heavy atom. The molecule has 6 N–H and O–H groups in total. The van der Waals surface area contributed by atoms with E-state index in [0.717, 1.165) is 16.4 Å². The summed E-state index contributed by atoms with van der Waals surface area (Å²) in [4.78, 5) is 9.07. The molecule has 78 valence electrons. The van der Waals surface area contributed by atoms with Gasteiger partial charge in [0.2, 0.25) is 5.13 Å². The maximum Gasteiger partial charge on any atom is 0.212 e. The summed E-state index contributed by atoms with van der Waals surface area (Å²) in [6, 6.07) is 0. The Balaban J connectivity index is 2.47. The Bertz CT molecular complexity index is 305. The molecule has 5 nitrogen and oxygen atoms in total. The van der Waals surface area contributed by atoms with E-state index in [9.17, 15) is 0 Å². The molecule has 0 atom stereocenters. The summed E-state index contributed by atoms with van der Waals surface area (Å²) in [6.07, 6.45) is 1.79. The fraction of sp³-hybridized carbons (Fsp3) is 0.429. The Labute approximate surface area is 90.8 Å². The molecule has 1 aromatic heterocycles. The van der Waals surface area contributed by atoms with Gasteiger partial charge in [-0.15, -0.1) is 0 Å². The molecule has 1 rings (SSSR count). The van der Waals surface area contributed by atoms with E-state index in [1.807, 2.05) is 0 Å².